The number of benzene rings is 1. The Kier molecular flexibility index (Phi) is 5.23. The van der Waals surface area contributed by atoms with Crippen LogP contribution in [0.15, 0.2) is 35.3 Å². The molecule has 2 aliphatic heterocycles. The van der Waals surface area contributed by atoms with Crippen LogP contribution in [-0.2, 0) is 9.59 Å². The molecule has 3 rings (SSSR count). The van der Waals surface area contributed by atoms with Gasteiger partial charge in [-0.25, -0.2) is 9.79 Å². The first kappa shape index (κ1) is 19.3. The van der Waals surface area contributed by atoms with E-state index in [2.05, 4.69) is 20.9 Å². The van der Waals surface area contributed by atoms with Crippen molar-refractivity contribution in [2.24, 2.45) is 4.99 Å². The zero-order valence-electron chi connectivity index (χ0n) is 15.7. The Morgan fingerprint density at radius 3 is 2.44 bits per heavy atom. The van der Waals surface area contributed by atoms with Crippen molar-refractivity contribution in [3.05, 3.63) is 30.3 Å². The SMILES string of the molecule is CC(C)N(C(=O)CN1C(Br)=NC2C1C(=O)N(C)C(=O)N2C)c1ccccc1. The molecule has 4 amide bonds. The molecule has 0 aliphatic carbocycles. The largest absolute Gasteiger partial charge is 0.328 e. The van der Waals surface area contributed by atoms with Crippen LogP contribution in [0.1, 0.15) is 13.8 Å². The maximum absolute atomic E-state index is 13.1. The number of likely N-dealkylation sites (N-methyl/N-ethyl adjacent to an activating group) is 2. The van der Waals surface area contributed by atoms with Crippen LogP contribution in [0, 0.1) is 0 Å². The Balaban J connectivity index is 1.86. The van der Waals surface area contributed by atoms with E-state index in [0.29, 0.717) is 4.74 Å². The molecule has 0 aromatic heterocycles. The van der Waals surface area contributed by atoms with E-state index in [1.165, 1.54) is 11.9 Å². The van der Waals surface area contributed by atoms with Crippen LogP contribution >= 0.6 is 15.9 Å². The number of carbonyl (C=O) groups is 3. The maximum Gasteiger partial charge on any atom is 0.328 e. The Bertz CT molecular complexity index is 797. The zero-order valence-corrected chi connectivity index (χ0v) is 17.3. The third kappa shape index (κ3) is 3.31. The minimum atomic E-state index is -0.721. The first-order valence-corrected chi connectivity index (χ1v) is 9.44. The molecule has 2 heterocycles. The molecule has 0 bridgehead atoms. The quantitative estimate of drug-likeness (QED) is 0.674. The highest BCUT2D eigenvalue weighted by Crippen LogP contribution is 2.29. The van der Waals surface area contributed by atoms with Gasteiger partial charge in [0.05, 0.1) is 0 Å². The van der Waals surface area contributed by atoms with Crippen molar-refractivity contribution in [2.75, 3.05) is 25.5 Å². The van der Waals surface area contributed by atoms with E-state index in [-0.39, 0.29) is 24.4 Å². The number of carbonyl (C=O) groups excluding carboxylic acids is 3. The van der Waals surface area contributed by atoms with Gasteiger partial charge in [0.2, 0.25) is 5.91 Å². The highest BCUT2D eigenvalue weighted by Gasteiger charge is 2.51. The van der Waals surface area contributed by atoms with Gasteiger partial charge in [0.15, 0.2) is 17.0 Å². The Labute approximate surface area is 166 Å². The van der Waals surface area contributed by atoms with Crippen molar-refractivity contribution >= 4 is 44.2 Å². The number of halogens is 1. The van der Waals surface area contributed by atoms with Gasteiger partial charge in [-0.2, -0.15) is 0 Å². The Hall–Kier alpha value is -2.42. The van der Waals surface area contributed by atoms with E-state index in [0.717, 1.165) is 10.6 Å². The monoisotopic (exact) mass is 435 g/mol. The van der Waals surface area contributed by atoms with Gasteiger partial charge in [-0.3, -0.25) is 14.5 Å². The molecule has 0 radical (unpaired) electrons. The third-order valence-electron chi connectivity index (χ3n) is 4.79. The van der Waals surface area contributed by atoms with E-state index in [9.17, 15) is 14.4 Å². The van der Waals surface area contributed by atoms with Gasteiger partial charge in [-0.05, 0) is 41.9 Å². The molecule has 9 heteroatoms. The van der Waals surface area contributed by atoms with Crippen molar-refractivity contribution < 1.29 is 14.4 Å². The van der Waals surface area contributed by atoms with Gasteiger partial charge in [0.1, 0.15) is 6.54 Å². The van der Waals surface area contributed by atoms with Gasteiger partial charge in [-0.1, -0.05) is 18.2 Å². The summed E-state index contributed by atoms with van der Waals surface area (Å²) in [6.45, 7) is 3.85. The zero-order chi connectivity index (χ0) is 19.9. The lowest BCUT2D eigenvalue weighted by molar-refractivity contribution is -0.136. The number of anilines is 1. The smallest absolute Gasteiger partial charge is 0.326 e. The molecule has 0 saturated carbocycles. The summed E-state index contributed by atoms with van der Waals surface area (Å²) in [6.07, 6.45) is -0.646. The standard InChI is InChI=1S/C18H22BrN5O3/c1-11(2)24(12-8-6-5-7-9-12)13(25)10-23-14-15(20-17(23)19)21(3)18(27)22(4)16(14)26/h5-9,11,14-15H,10H2,1-4H3. The van der Waals surface area contributed by atoms with E-state index in [1.54, 1.807) is 16.8 Å². The predicted molar refractivity (Wildman–Crippen MR) is 106 cm³/mol. The topological polar surface area (TPSA) is 76.5 Å². The molecule has 2 unspecified atom stereocenters. The van der Waals surface area contributed by atoms with Crippen LogP contribution in [0.2, 0.25) is 0 Å². The summed E-state index contributed by atoms with van der Waals surface area (Å²) >= 11 is 3.36. The van der Waals surface area contributed by atoms with Crippen LogP contribution < -0.4 is 4.90 Å². The fourth-order valence-corrected chi connectivity index (χ4v) is 3.99. The second-order valence-corrected chi connectivity index (χ2v) is 7.58. The molecule has 1 fully saturated rings. The molecule has 2 aliphatic rings. The minimum Gasteiger partial charge on any atom is -0.326 e. The average molecular weight is 436 g/mol. The van der Waals surface area contributed by atoms with Crippen molar-refractivity contribution in [2.45, 2.75) is 32.1 Å². The number of hydrogen-bond donors (Lipinski definition) is 0. The number of imide groups is 1. The molecule has 0 N–H and O–H groups in total. The van der Waals surface area contributed by atoms with Gasteiger partial charge in [0, 0.05) is 25.8 Å². The van der Waals surface area contributed by atoms with Gasteiger partial charge in [-0.15, -0.1) is 0 Å². The fraction of sp³-hybridized carbons (Fsp3) is 0.444. The molecule has 27 heavy (non-hydrogen) atoms. The number of fused-ring (bicyclic) bond motifs is 1. The number of amides is 4. The number of aliphatic imine (C=N–C) groups is 1. The Morgan fingerprint density at radius 1 is 1.22 bits per heavy atom. The predicted octanol–water partition coefficient (Wildman–Crippen LogP) is 1.71. The highest BCUT2D eigenvalue weighted by atomic mass is 79.9. The molecule has 0 spiro atoms. The Morgan fingerprint density at radius 2 is 1.85 bits per heavy atom. The van der Waals surface area contributed by atoms with Crippen LogP contribution in [-0.4, -0.2) is 76.2 Å². The minimum absolute atomic E-state index is 0.0278. The normalized spacial score (nSPS) is 22.3. The van der Waals surface area contributed by atoms with E-state index in [1.807, 2.05) is 44.2 Å². The summed E-state index contributed by atoms with van der Waals surface area (Å²) in [4.78, 5) is 48.1. The number of urea groups is 1. The lowest BCUT2D eigenvalue weighted by atomic mass is 10.1. The molecular weight excluding hydrogens is 414 g/mol. The lowest BCUT2D eigenvalue weighted by Gasteiger charge is -2.40. The number of para-hydroxylation sites is 1. The van der Waals surface area contributed by atoms with Crippen LogP contribution in [0.25, 0.3) is 0 Å². The van der Waals surface area contributed by atoms with Crippen molar-refractivity contribution in [3.8, 4) is 0 Å². The van der Waals surface area contributed by atoms with Crippen LogP contribution in [0.3, 0.4) is 0 Å². The van der Waals surface area contributed by atoms with Gasteiger partial charge < -0.3 is 14.7 Å². The average Bonchev–Trinajstić information content (AvgIpc) is 2.95. The molecule has 2 atom stereocenters. The number of amidine groups is 1. The van der Waals surface area contributed by atoms with E-state index < -0.39 is 18.2 Å². The fourth-order valence-electron chi connectivity index (χ4n) is 3.44. The summed E-state index contributed by atoms with van der Waals surface area (Å²) < 4.78 is 0.394. The first-order chi connectivity index (χ1) is 12.7. The maximum atomic E-state index is 13.1. The highest BCUT2D eigenvalue weighted by molar-refractivity contribution is 9.18. The summed E-state index contributed by atoms with van der Waals surface area (Å²) in [5, 5.41) is 0. The lowest BCUT2D eigenvalue weighted by Crippen LogP contribution is -2.64. The van der Waals surface area contributed by atoms with Crippen molar-refractivity contribution in [3.63, 3.8) is 0 Å². The second kappa shape index (κ2) is 7.30. The molecule has 8 nitrogen and oxygen atoms in total. The van der Waals surface area contributed by atoms with Crippen molar-refractivity contribution in [1.82, 2.24) is 14.7 Å². The van der Waals surface area contributed by atoms with Gasteiger partial charge in [0.25, 0.3) is 5.91 Å². The molecule has 144 valence electrons. The van der Waals surface area contributed by atoms with E-state index >= 15 is 0 Å². The molecular formula is C18H22BrN5O3. The van der Waals surface area contributed by atoms with Crippen LogP contribution in [0.4, 0.5) is 10.5 Å². The molecule has 1 aromatic carbocycles. The third-order valence-corrected chi connectivity index (χ3v) is 5.45. The summed E-state index contributed by atoms with van der Waals surface area (Å²) in [5.41, 5.74) is 0.792. The second-order valence-electron chi connectivity index (χ2n) is 6.87. The number of hydrogen-bond acceptors (Lipinski definition) is 5. The summed E-state index contributed by atoms with van der Waals surface area (Å²) in [5.74, 6) is -0.524. The molecule has 1 aromatic rings. The van der Waals surface area contributed by atoms with E-state index in [4.69, 9.17) is 0 Å². The van der Waals surface area contributed by atoms with Gasteiger partial charge >= 0.3 is 6.03 Å². The summed E-state index contributed by atoms with van der Waals surface area (Å²) in [6, 6.07) is 8.21. The number of rotatable bonds is 4. The number of nitrogens with zero attached hydrogens (tertiary/aromatic N) is 5. The van der Waals surface area contributed by atoms with Crippen molar-refractivity contribution in [1.29, 1.82) is 0 Å². The summed E-state index contributed by atoms with van der Waals surface area (Å²) in [7, 11) is 3.04. The van der Waals surface area contributed by atoms with Crippen LogP contribution in [0.5, 0.6) is 0 Å². The first-order valence-electron chi connectivity index (χ1n) is 8.65. The molecule has 1 saturated heterocycles.